The van der Waals surface area contributed by atoms with Gasteiger partial charge in [-0.15, -0.1) is 0 Å². The van der Waals surface area contributed by atoms with Crippen LogP contribution in [0.1, 0.15) is 12.0 Å². The van der Waals surface area contributed by atoms with Crippen LogP contribution in [-0.2, 0) is 6.42 Å². The monoisotopic (exact) mass is 319 g/mol. The van der Waals surface area contributed by atoms with E-state index in [4.69, 9.17) is 4.74 Å². The van der Waals surface area contributed by atoms with Crippen LogP contribution in [0.4, 0.5) is 5.69 Å². The van der Waals surface area contributed by atoms with E-state index in [9.17, 15) is 0 Å². The summed E-state index contributed by atoms with van der Waals surface area (Å²) in [5.74, 6) is 0.869. The quantitative estimate of drug-likeness (QED) is 0.791. The number of nitrogens with one attached hydrogen (secondary N) is 1. The second-order valence-corrected chi connectivity index (χ2v) is 5.22. The minimum Gasteiger partial charge on any atom is -0.497 e. The van der Waals surface area contributed by atoms with Crippen molar-refractivity contribution in [3.8, 4) is 5.75 Å². The third-order valence-corrected chi connectivity index (χ3v) is 3.67. The van der Waals surface area contributed by atoms with Crippen LogP contribution >= 0.6 is 15.9 Å². The van der Waals surface area contributed by atoms with Crippen molar-refractivity contribution >= 4 is 21.6 Å². The van der Waals surface area contributed by atoms with Crippen LogP contribution in [0.5, 0.6) is 5.75 Å². The second kappa shape index (κ2) is 7.19. The van der Waals surface area contributed by atoms with Crippen LogP contribution in [0.2, 0.25) is 0 Å². The zero-order chi connectivity index (χ0) is 13.5. The van der Waals surface area contributed by atoms with E-state index in [0.717, 1.165) is 35.3 Å². The maximum atomic E-state index is 5.22. The van der Waals surface area contributed by atoms with Crippen molar-refractivity contribution in [1.82, 2.24) is 0 Å². The molecule has 0 aromatic heterocycles. The zero-order valence-electron chi connectivity index (χ0n) is 11.0. The van der Waals surface area contributed by atoms with Crippen LogP contribution in [0.25, 0.3) is 0 Å². The summed E-state index contributed by atoms with van der Waals surface area (Å²) in [5.41, 5.74) is 2.46. The molecule has 0 spiro atoms. The zero-order valence-corrected chi connectivity index (χ0v) is 12.6. The first-order valence-corrected chi connectivity index (χ1v) is 7.20. The van der Waals surface area contributed by atoms with Crippen LogP contribution < -0.4 is 10.1 Å². The van der Waals surface area contributed by atoms with E-state index in [1.54, 1.807) is 7.11 Å². The number of rotatable bonds is 6. The highest BCUT2D eigenvalue weighted by Gasteiger charge is 2.01. The molecule has 0 atom stereocenters. The molecule has 0 bridgehead atoms. The van der Waals surface area contributed by atoms with Gasteiger partial charge >= 0.3 is 0 Å². The van der Waals surface area contributed by atoms with Crippen molar-refractivity contribution in [3.05, 3.63) is 58.6 Å². The van der Waals surface area contributed by atoms with E-state index < -0.39 is 0 Å². The normalized spacial score (nSPS) is 10.2. The molecule has 0 heterocycles. The van der Waals surface area contributed by atoms with Gasteiger partial charge in [-0.3, -0.25) is 0 Å². The first-order chi connectivity index (χ1) is 9.29. The summed E-state index contributed by atoms with van der Waals surface area (Å²) in [6, 6.07) is 16.5. The number of anilines is 1. The Bertz CT molecular complexity index is 513. The second-order valence-electron chi connectivity index (χ2n) is 4.36. The van der Waals surface area contributed by atoms with Crippen molar-refractivity contribution in [1.29, 1.82) is 0 Å². The lowest BCUT2D eigenvalue weighted by molar-refractivity contribution is 0.415. The highest BCUT2D eigenvalue weighted by atomic mass is 79.9. The predicted molar refractivity (Wildman–Crippen MR) is 83.9 cm³/mol. The lowest BCUT2D eigenvalue weighted by atomic mass is 10.1. The van der Waals surface area contributed by atoms with Gasteiger partial charge in [0.15, 0.2) is 0 Å². The summed E-state index contributed by atoms with van der Waals surface area (Å²) < 4.78 is 6.29. The molecule has 2 rings (SSSR count). The molecule has 3 heteroatoms. The molecule has 0 saturated carbocycles. The predicted octanol–water partition coefficient (Wildman–Crippen LogP) is 4.50. The first-order valence-electron chi connectivity index (χ1n) is 6.41. The molecule has 0 aliphatic carbocycles. The summed E-state index contributed by atoms with van der Waals surface area (Å²) in [7, 11) is 1.68. The number of aryl methyl sites for hydroxylation is 1. The topological polar surface area (TPSA) is 21.3 Å². The maximum absolute atomic E-state index is 5.22. The molecule has 0 saturated heterocycles. The molecule has 0 radical (unpaired) electrons. The maximum Gasteiger partial charge on any atom is 0.121 e. The van der Waals surface area contributed by atoms with Gasteiger partial charge in [-0.05, 0) is 46.5 Å². The Hall–Kier alpha value is -1.48. The average Bonchev–Trinajstić information content (AvgIpc) is 2.46. The fraction of sp³-hybridized carbons (Fsp3) is 0.250. The molecule has 2 aromatic carbocycles. The fourth-order valence-electron chi connectivity index (χ4n) is 1.93. The molecule has 19 heavy (non-hydrogen) atoms. The Balaban J connectivity index is 1.82. The van der Waals surface area contributed by atoms with E-state index in [2.05, 4.69) is 51.6 Å². The molecule has 2 aromatic rings. The molecular weight excluding hydrogens is 302 g/mol. The van der Waals surface area contributed by atoms with Crippen LogP contribution in [0.3, 0.4) is 0 Å². The van der Waals surface area contributed by atoms with Gasteiger partial charge in [0.1, 0.15) is 5.75 Å². The summed E-state index contributed by atoms with van der Waals surface area (Å²) in [4.78, 5) is 0. The van der Waals surface area contributed by atoms with E-state index in [-0.39, 0.29) is 0 Å². The summed E-state index contributed by atoms with van der Waals surface area (Å²) in [6.07, 6.45) is 2.20. The molecule has 2 nitrogen and oxygen atoms in total. The largest absolute Gasteiger partial charge is 0.497 e. The molecule has 0 fully saturated rings. The lowest BCUT2D eigenvalue weighted by Crippen LogP contribution is -2.03. The number of halogens is 1. The number of benzene rings is 2. The Morgan fingerprint density at radius 3 is 2.63 bits per heavy atom. The van der Waals surface area contributed by atoms with Crippen molar-refractivity contribution in [2.75, 3.05) is 19.0 Å². The molecule has 0 aliphatic heterocycles. The number of ether oxygens (including phenoxy) is 1. The van der Waals surface area contributed by atoms with Crippen molar-refractivity contribution in [3.63, 3.8) is 0 Å². The molecule has 0 aliphatic rings. The lowest BCUT2D eigenvalue weighted by Gasteiger charge is -2.10. The smallest absolute Gasteiger partial charge is 0.121 e. The van der Waals surface area contributed by atoms with Crippen LogP contribution in [-0.4, -0.2) is 13.7 Å². The standard InChI is InChI=1S/C16H18BrNO/c1-19-14-9-10-15(17)16(12-14)18-11-5-8-13-6-3-2-4-7-13/h2-4,6-7,9-10,12,18H,5,8,11H2,1H3. The van der Waals surface area contributed by atoms with E-state index >= 15 is 0 Å². The van der Waals surface area contributed by atoms with Crippen LogP contribution in [0, 0.1) is 0 Å². The first kappa shape index (κ1) is 13.9. The average molecular weight is 320 g/mol. The highest BCUT2D eigenvalue weighted by molar-refractivity contribution is 9.10. The summed E-state index contributed by atoms with van der Waals surface area (Å²) in [6.45, 7) is 0.945. The minimum atomic E-state index is 0.869. The summed E-state index contributed by atoms with van der Waals surface area (Å²) in [5, 5.41) is 3.43. The van der Waals surface area contributed by atoms with Crippen molar-refractivity contribution < 1.29 is 4.74 Å². The molecule has 0 unspecified atom stereocenters. The molecule has 0 amide bonds. The van der Waals surface area contributed by atoms with E-state index in [0.29, 0.717) is 0 Å². The van der Waals surface area contributed by atoms with Gasteiger partial charge in [-0.2, -0.15) is 0 Å². The Morgan fingerprint density at radius 1 is 1.11 bits per heavy atom. The third kappa shape index (κ3) is 4.28. The number of hydrogen-bond acceptors (Lipinski definition) is 2. The third-order valence-electron chi connectivity index (χ3n) is 2.97. The molecular formula is C16H18BrNO. The van der Waals surface area contributed by atoms with Crippen molar-refractivity contribution in [2.24, 2.45) is 0 Å². The Kier molecular flexibility index (Phi) is 5.28. The number of methoxy groups -OCH3 is 1. The molecule has 1 N–H and O–H groups in total. The van der Waals surface area contributed by atoms with Crippen LogP contribution in [0.15, 0.2) is 53.0 Å². The van der Waals surface area contributed by atoms with Gasteiger partial charge in [0.25, 0.3) is 0 Å². The molecule has 100 valence electrons. The SMILES string of the molecule is COc1ccc(Br)c(NCCCc2ccccc2)c1. The van der Waals surface area contributed by atoms with Gasteiger partial charge in [-0.1, -0.05) is 30.3 Å². The van der Waals surface area contributed by atoms with E-state index in [1.807, 2.05) is 18.2 Å². The van der Waals surface area contributed by atoms with Gasteiger partial charge < -0.3 is 10.1 Å². The van der Waals surface area contributed by atoms with Gasteiger partial charge in [-0.25, -0.2) is 0 Å². The van der Waals surface area contributed by atoms with Gasteiger partial charge in [0.05, 0.1) is 12.8 Å². The highest BCUT2D eigenvalue weighted by Crippen LogP contribution is 2.27. The Morgan fingerprint density at radius 2 is 1.89 bits per heavy atom. The van der Waals surface area contributed by atoms with E-state index in [1.165, 1.54) is 5.56 Å². The van der Waals surface area contributed by atoms with Gasteiger partial charge in [0, 0.05) is 17.1 Å². The van der Waals surface area contributed by atoms with Crippen molar-refractivity contribution in [2.45, 2.75) is 12.8 Å². The van der Waals surface area contributed by atoms with Gasteiger partial charge in [0.2, 0.25) is 0 Å². The summed E-state index contributed by atoms with van der Waals surface area (Å²) >= 11 is 3.54. The fourth-order valence-corrected chi connectivity index (χ4v) is 2.31. The minimum absolute atomic E-state index is 0.869. The number of hydrogen-bond donors (Lipinski definition) is 1. The Labute approximate surface area is 122 Å².